The van der Waals surface area contributed by atoms with Crippen molar-refractivity contribution in [2.24, 2.45) is 10.9 Å². The molecule has 1 aromatic rings. The topological polar surface area (TPSA) is 66.7 Å². The quantitative estimate of drug-likeness (QED) is 0.567. The Hall–Kier alpha value is -1.60. The summed E-state index contributed by atoms with van der Waals surface area (Å²) >= 11 is 0. The molecule has 1 aliphatic heterocycles. The monoisotopic (exact) mass is 336 g/mol. The summed E-state index contributed by atoms with van der Waals surface area (Å²) in [5, 5.41) is 11.1. The van der Waals surface area contributed by atoms with E-state index in [9.17, 15) is 0 Å². The van der Waals surface area contributed by atoms with Crippen molar-refractivity contribution in [3.8, 4) is 0 Å². The van der Waals surface area contributed by atoms with Crippen LogP contribution in [-0.4, -0.2) is 73.1 Å². The number of hydrogen-bond donors (Lipinski definition) is 2. The van der Waals surface area contributed by atoms with Gasteiger partial charge >= 0.3 is 0 Å². The lowest BCUT2D eigenvalue weighted by molar-refractivity contribution is 0.00752. The van der Waals surface area contributed by atoms with Gasteiger partial charge in [0.05, 0.1) is 26.0 Å². The first-order valence-electron chi connectivity index (χ1n) is 8.85. The Morgan fingerprint density at radius 3 is 2.67 bits per heavy atom. The van der Waals surface area contributed by atoms with Gasteiger partial charge in [-0.1, -0.05) is 13.8 Å². The molecule has 1 aliphatic rings. The summed E-state index contributed by atoms with van der Waals surface area (Å²) in [7, 11) is 1.81. The van der Waals surface area contributed by atoms with Gasteiger partial charge in [-0.2, -0.15) is 5.10 Å². The molecule has 136 valence electrons. The fourth-order valence-corrected chi connectivity index (χ4v) is 3.00. The van der Waals surface area contributed by atoms with Gasteiger partial charge in [-0.05, 0) is 18.4 Å². The molecule has 0 aromatic carbocycles. The first kappa shape index (κ1) is 18.7. The molecule has 1 saturated heterocycles. The van der Waals surface area contributed by atoms with Crippen LogP contribution in [0.25, 0.3) is 0 Å². The molecule has 0 radical (unpaired) electrons. The number of nitrogens with one attached hydrogen (secondary N) is 2. The smallest absolute Gasteiger partial charge is 0.191 e. The minimum Gasteiger partial charge on any atom is -0.379 e. The number of guanidine groups is 1. The van der Waals surface area contributed by atoms with Crippen LogP contribution in [0.4, 0.5) is 0 Å². The molecule has 2 heterocycles. The van der Waals surface area contributed by atoms with Gasteiger partial charge in [-0.15, -0.1) is 0 Å². The molecular formula is C17H32N6O. The molecule has 24 heavy (non-hydrogen) atoms. The van der Waals surface area contributed by atoms with Crippen LogP contribution in [0.3, 0.4) is 0 Å². The first-order valence-corrected chi connectivity index (χ1v) is 8.85. The average Bonchev–Trinajstić information content (AvgIpc) is 2.99. The van der Waals surface area contributed by atoms with Gasteiger partial charge in [-0.3, -0.25) is 14.6 Å². The second-order valence-corrected chi connectivity index (χ2v) is 6.62. The van der Waals surface area contributed by atoms with Crippen molar-refractivity contribution in [2.45, 2.75) is 33.4 Å². The number of ether oxygens (including phenoxy) is 1. The molecule has 0 spiro atoms. The van der Waals surface area contributed by atoms with E-state index < -0.39 is 0 Å². The Bertz CT molecular complexity index is 507. The van der Waals surface area contributed by atoms with E-state index in [1.165, 1.54) is 5.56 Å². The van der Waals surface area contributed by atoms with Crippen molar-refractivity contribution < 1.29 is 4.74 Å². The molecule has 1 fully saturated rings. The largest absolute Gasteiger partial charge is 0.379 e. The number of aryl methyl sites for hydroxylation is 1. The van der Waals surface area contributed by atoms with Crippen LogP contribution in [-0.2, 0) is 11.3 Å². The van der Waals surface area contributed by atoms with Crippen LogP contribution < -0.4 is 10.6 Å². The van der Waals surface area contributed by atoms with Gasteiger partial charge in [0, 0.05) is 45.5 Å². The van der Waals surface area contributed by atoms with E-state index >= 15 is 0 Å². The third-order valence-corrected chi connectivity index (χ3v) is 4.38. The summed E-state index contributed by atoms with van der Waals surface area (Å²) in [4.78, 5) is 6.84. The number of aromatic nitrogens is 2. The fraction of sp³-hybridized carbons (Fsp3) is 0.765. The molecule has 1 atom stereocenters. The standard InChI is InChI=1S/C17H32N6O/c1-14(2)16(22-7-9-24-10-8-22)12-20-17(18-4)19-5-6-23-13-15(3)11-21-23/h11,13-14,16H,5-10,12H2,1-4H3,(H2,18,19,20). The molecular weight excluding hydrogens is 304 g/mol. The number of hydrogen-bond acceptors (Lipinski definition) is 4. The van der Waals surface area contributed by atoms with E-state index in [4.69, 9.17) is 4.74 Å². The second-order valence-electron chi connectivity index (χ2n) is 6.62. The molecule has 0 amide bonds. The van der Waals surface area contributed by atoms with Crippen molar-refractivity contribution >= 4 is 5.96 Å². The highest BCUT2D eigenvalue weighted by Crippen LogP contribution is 2.12. The van der Waals surface area contributed by atoms with E-state index in [-0.39, 0.29) is 0 Å². The third kappa shape index (κ3) is 5.79. The minimum atomic E-state index is 0.487. The Morgan fingerprint density at radius 1 is 1.33 bits per heavy atom. The van der Waals surface area contributed by atoms with Gasteiger partial charge in [0.2, 0.25) is 0 Å². The zero-order chi connectivity index (χ0) is 17.4. The van der Waals surface area contributed by atoms with Gasteiger partial charge < -0.3 is 15.4 Å². The van der Waals surface area contributed by atoms with Crippen molar-refractivity contribution in [3.63, 3.8) is 0 Å². The van der Waals surface area contributed by atoms with Crippen molar-refractivity contribution in [1.29, 1.82) is 0 Å². The van der Waals surface area contributed by atoms with E-state index in [0.29, 0.717) is 12.0 Å². The minimum absolute atomic E-state index is 0.487. The molecule has 0 aliphatic carbocycles. The van der Waals surface area contributed by atoms with Crippen molar-refractivity contribution in [1.82, 2.24) is 25.3 Å². The van der Waals surface area contributed by atoms with Crippen molar-refractivity contribution in [2.75, 3.05) is 46.4 Å². The average molecular weight is 336 g/mol. The lowest BCUT2D eigenvalue weighted by atomic mass is 10.0. The molecule has 2 rings (SSSR count). The SMILES string of the molecule is CN=C(NCCn1cc(C)cn1)NCC(C(C)C)N1CCOCC1. The lowest BCUT2D eigenvalue weighted by Crippen LogP contribution is -2.52. The second kappa shape index (κ2) is 9.64. The summed E-state index contributed by atoms with van der Waals surface area (Å²) in [6, 6.07) is 0.487. The summed E-state index contributed by atoms with van der Waals surface area (Å²) in [6.45, 7) is 12.8. The van der Waals surface area contributed by atoms with Crippen LogP contribution >= 0.6 is 0 Å². The molecule has 1 aromatic heterocycles. The highest BCUT2D eigenvalue weighted by molar-refractivity contribution is 5.79. The molecule has 7 nitrogen and oxygen atoms in total. The maximum atomic E-state index is 5.47. The summed E-state index contributed by atoms with van der Waals surface area (Å²) in [5.41, 5.74) is 1.18. The molecule has 7 heteroatoms. The predicted molar refractivity (Wildman–Crippen MR) is 97.3 cm³/mol. The highest BCUT2D eigenvalue weighted by Gasteiger charge is 2.23. The predicted octanol–water partition coefficient (Wildman–Crippen LogP) is 0.713. The zero-order valence-corrected chi connectivity index (χ0v) is 15.5. The number of morpholine rings is 1. The van der Waals surface area contributed by atoms with E-state index in [2.05, 4.69) is 46.4 Å². The molecule has 0 saturated carbocycles. The summed E-state index contributed by atoms with van der Waals surface area (Å²) in [6.07, 6.45) is 3.92. The maximum absolute atomic E-state index is 5.47. The van der Waals surface area contributed by atoms with Gasteiger partial charge in [0.15, 0.2) is 5.96 Å². The highest BCUT2D eigenvalue weighted by atomic mass is 16.5. The van der Waals surface area contributed by atoms with Crippen LogP contribution in [0.1, 0.15) is 19.4 Å². The normalized spacial score (nSPS) is 18.0. The van der Waals surface area contributed by atoms with Crippen molar-refractivity contribution in [3.05, 3.63) is 18.0 Å². The van der Waals surface area contributed by atoms with E-state index in [1.54, 1.807) is 0 Å². The summed E-state index contributed by atoms with van der Waals surface area (Å²) < 4.78 is 7.41. The van der Waals surface area contributed by atoms with Gasteiger partial charge in [0.25, 0.3) is 0 Å². The van der Waals surface area contributed by atoms with Crippen LogP contribution in [0.5, 0.6) is 0 Å². The molecule has 2 N–H and O–H groups in total. The number of rotatable bonds is 7. The van der Waals surface area contributed by atoms with E-state index in [0.717, 1.165) is 51.9 Å². The van der Waals surface area contributed by atoms with E-state index in [1.807, 2.05) is 24.1 Å². The number of nitrogens with zero attached hydrogens (tertiary/aromatic N) is 4. The zero-order valence-electron chi connectivity index (χ0n) is 15.5. The Morgan fingerprint density at radius 2 is 2.08 bits per heavy atom. The molecule has 1 unspecified atom stereocenters. The lowest BCUT2D eigenvalue weighted by Gasteiger charge is -2.37. The van der Waals surface area contributed by atoms with Crippen LogP contribution in [0.2, 0.25) is 0 Å². The van der Waals surface area contributed by atoms with Crippen LogP contribution in [0.15, 0.2) is 17.4 Å². The number of aliphatic imine (C=N–C) groups is 1. The maximum Gasteiger partial charge on any atom is 0.191 e. The third-order valence-electron chi connectivity index (χ3n) is 4.38. The van der Waals surface area contributed by atoms with Gasteiger partial charge in [-0.25, -0.2) is 0 Å². The Labute approximate surface area is 145 Å². The molecule has 0 bridgehead atoms. The van der Waals surface area contributed by atoms with Gasteiger partial charge in [0.1, 0.15) is 0 Å². The summed E-state index contributed by atoms with van der Waals surface area (Å²) in [5.74, 6) is 1.43. The van der Waals surface area contributed by atoms with Crippen LogP contribution in [0, 0.1) is 12.8 Å². The first-order chi connectivity index (χ1) is 11.6. The Kier molecular flexibility index (Phi) is 7.52. The Balaban J connectivity index is 1.76. The fourth-order valence-electron chi connectivity index (χ4n) is 3.00.